The summed E-state index contributed by atoms with van der Waals surface area (Å²) in [6.07, 6.45) is 1.63. The summed E-state index contributed by atoms with van der Waals surface area (Å²) >= 11 is 1.46. The van der Waals surface area contributed by atoms with Crippen LogP contribution < -0.4 is 15.2 Å². The number of para-hydroxylation sites is 1. The predicted molar refractivity (Wildman–Crippen MR) is 143 cm³/mol. The molecule has 3 aromatic carbocycles. The van der Waals surface area contributed by atoms with Crippen LogP contribution in [0.3, 0.4) is 0 Å². The van der Waals surface area contributed by atoms with Crippen LogP contribution in [0.1, 0.15) is 5.56 Å². The van der Waals surface area contributed by atoms with E-state index < -0.39 is 0 Å². The molecule has 1 aliphatic heterocycles. The lowest BCUT2D eigenvalue weighted by Gasteiger charge is -2.37. The number of nitrogens with zero attached hydrogens (tertiary/aromatic N) is 5. The number of hydrazone groups is 1. The quantitative estimate of drug-likeness (QED) is 0.212. The Morgan fingerprint density at radius 1 is 0.943 bits per heavy atom. The van der Waals surface area contributed by atoms with Gasteiger partial charge in [0.15, 0.2) is 0 Å². The molecule has 8 nitrogen and oxygen atoms in total. The summed E-state index contributed by atoms with van der Waals surface area (Å²) in [4.78, 5) is 20.2. The molecule has 2 heterocycles. The van der Waals surface area contributed by atoms with Crippen LogP contribution in [0.4, 0.5) is 22.2 Å². The zero-order chi connectivity index (χ0) is 24.0. The van der Waals surface area contributed by atoms with E-state index in [1.807, 2.05) is 60.0 Å². The molecule has 0 bridgehead atoms. The van der Waals surface area contributed by atoms with E-state index in [0.717, 1.165) is 43.1 Å². The molecule has 9 heteroatoms. The van der Waals surface area contributed by atoms with Gasteiger partial charge in [0.1, 0.15) is 0 Å². The lowest BCUT2D eigenvalue weighted by molar-refractivity contribution is -0.384. The van der Waals surface area contributed by atoms with Crippen LogP contribution in [0, 0.1) is 10.1 Å². The van der Waals surface area contributed by atoms with Crippen LogP contribution in [0.5, 0.6) is 0 Å². The molecule has 0 atom stereocenters. The largest absolute Gasteiger partial charge is 0.368 e. The van der Waals surface area contributed by atoms with E-state index in [0.29, 0.717) is 10.7 Å². The summed E-state index contributed by atoms with van der Waals surface area (Å²) in [5.74, 6) is 0. The van der Waals surface area contributed by atoms with Gasteiger partial charge in [-0.25, -0.2) is 4.98 Å². The summed E-state index contributed by atoms with van der Waals surface area (Å²) in [6, 6.07) is 25.2. The van der Waals surface area contributed by atoms with Gasteiger partial charge in [0.2, 0.25) is 5.13 Å². The maximum Gasteiger partial charge on any atom is 0.270 e. The van der Waals surface area contributed by atoms with Crippen molar-refractivity contribution in [3.63, 3.8) is 0 Å². The number of nitro benzene ring substituents is 1. The maximum absolute atomic E-state index is 11.4. The Morgan fingerprint density at radius 3 is 2.34 bits per heavy atom. The number of nitro groups is 1. The molecule has 0 saturated carbocycles. The van der Waals surface area contributed by atoms with Gasteiger partial charge in [-0.15, -0.1) is 11.3 Å². The topological polar surface area (TPSA) is 86.9 Å². The standard InChI is InChI=1S/C26H24N6O2S/c33-32(34)23-11-12-25(31-15-13-30(14-16-31)22-9-5-2-6-10-22)21(17-23)18-27-29-26-28-24(19-35-26)20-7-3-1-4-8-20/h1-12,17-19H,13-16H2,(H,28,29). The van der Waals surface area contributed by atoms with Gasteiger partial charge < -0.3 is 9.80 Å². The highest BCUT2D eigenvalue weighted by atomic mass is 32.1. The smallest absolute Gasteiger partial charge is 0.270 e. The first kappa shape index (κ1) is 22.5. The molecule has 0 spiro atoms. The Morgan fingerprint density at radius 2 is 1.63 bits per heavy atom. The van der Waals surface area contributed by atoms with Crippen molar-refractivity contribution < 1.29 is 4.92 Å². The van der Waals surface area contributed by atoms with E-state index in [-0.39, 0.29) is 10.6 Å². The third-order valence-electron chi connectivity index (χ3n) is 5.90. The highest BCUT2D eigenvalue weighted by Crippen LogP contribution is 2.27. The number of rotatable bonds is 7. The Balaban J connectivity index is 1.31. The number of benzene rings is 3. The monoisotopic (exact) mass is 484 g/mol. The Kier molecular flexibility index (Phi) is 6.67. The molecule has 176 valence electrons. The van der Waals surface area contributed by atoms with Crippen molar-refractivity contribution in [1.82, 2.24) is 4.98 Å². The summed E-state index contributed by atoms with van der Waals surface area (Å²) in [7, 11) is 0. The third kappa shape index (κ3) is 5.30. The molecule has 35 heavy (non-hydrogen) atoms. The molecular weight excluding hydrogens is 460 g/mol. The van der Waals surface area contributed by atoms with Gasteiger partial charge in [-0.2, -0.15) is 5.10 Å². The molecule has 0 unspecified atom stereocenters. The summed E-state index contributed by atoms with van der Waals surface area (Å²) in [5.41, 5.74) is 7.76. The minimum absolute atomic E-state index is 0.0405. The first-order chi connectivity index (χ1) is 17.2. The average molecular weight is 485 g/mol. The van der Waals surface area contributed by atoms with E-state index >= 15 is 0 Å². The van der Waals surface area contributed by atoms with Crippen LogP contribution in [0.15, 0.2) is 89.3 Å². The SMILES string of the molecule is O=[N+]([O-])c1ccc(N2CCN(c3ccccc3)CC2)c(C=NNc2nc(-c3ccccc3)cs2)c1. The van der Waals surface area contributed by atoms with Crippen LogP contribution in [-0.2, 0) is 0 Å². The van der Waals surface area contributed by atoms with Gasteiger partial charge in [0, 0.05) is 66.2 Å². The number of nitrogens with one attached hydrogen (secondary N) is 1. The van der Waals surface area contributed by atoms with Crippen LogP contribution in [0.25, 0.3) is 11.3 Å². The third-order valence-corrected chi connectivity index (χ3v) is 6.65. The fourth-order valence-electron chi connectivity index (χ4n) is 4.11. The van der Waals surface area contributed by atoms with Gasteiger partial charge in [-0.05, 0) is 18.2 Å². The number of anilines is 3. The number of aromatic nitrogens is 1. The molecule has 0 aliphatic carbocycles. The van der Waals surface area contributed by atoms with Gasteiger partial charge >= 0.3 is 0 Å². The molecule has 1 aliphatic rings. The lowest BCUT2D eigenvalue weighted by atomic mass is 10.1. The molecule has 5 rings (SSSR count). The molecule has 1 aromatic heterocycles. The van der Waals surface area contributed by atoms with Crippen LogP contribution >= 0.6 is 11.3 Å². The highest BCUT2D eigenvalue weighted by molar-refractivity contribution is 7.14. The molecule has 4 aromatic rings. The number of non-ortho nitro benzene ring substituents is 1. The molecule has 1 fully saturated rings. The molecular formula is C26H24N6O2S. The van der Waals surface area contributed by atoms with Crippen LogP contribution in [-0.4, -0.2) is 42.3 Å². The zero-order valence-corrected chi connectivity index (χ0v) is 19.8. The molecule has 0 radical (unpaired) electrons. The minimum atomic E-state index is -0.380. The second-order valence-corrected chi connectivity index (χ2v) is 8.94. The van der Waals surface area contributed by atoms with Crippen molar-refractivity contribution in [2.45, 2.75) is 0 Å². The molecule has 0 amide bonds. The summed E-state index contributed by atoms with van der Waals surface area (Å²) in [6.45, 7) is 3.37. The fraction of sp³-hybridized carbons (Fsp3) is 0.154. The second kappa shape index (κ2) is 10.4. The number of hydrogen-bond acceptors (Lipinski definition) is 8. The Labute approximate surface area is 207 Å². The summed E-state index contributed by atoms with van der Waals surface area (Å²) in [5, 5.41) is 18.4. The van der Waals surface area contributed by atoms with Crippen molar-refractivity contribution in [2.75, 3.05) is 41.4 Å². The van der Waals surface area contributed by atoms with Crippen molar-refractivity contribution >= 4 is 39.7 Å². The number of hydrogen-bond donors (Lipinski definition) is 1. The van der Waals surface area contributed by atoms with Crippen LogP contribution in [0.2, 0.25) is 0 Å². The number of piperazine rings is 1. The first-order valence-electron chi connectivity index (χ1n) is 11.3. The van der Waals surface area contributed by atoms with E-state index in [4.69, 9.17) is 0 Å². The van der Waals surface area contributed by atoms with Crippen molar-refractivity contribution in [1.29, 1.82) is 0 Å². The van der Waals surface area contributed by atoms with Gasteiger partial charge in [-0.1, -0.05) is 48.5 Å². The van der Waals surface area contributed by atoms with E-state index in [9.17, 15) is 10.1 Å². The van der Waals surface area contributed by atoms with Crippen molar-refractivity contribution in [3.8, 4) is 11.3 Å². The predicted octanol–water partition coefficient (Wildman–Crippen LogP) is 5.49. The normalized spacial score (nSPS) is 13.8. The Bertz CT molecular complexity index is 1320. The second-order valence-electron chi connectivity index (χ2n) is 8.08. The van der Waals surface area contributed by atoms with Gasteiger partial charge in [-0.3, -0.25) is 15.5 Å². The van der Waals surface area contributed by atoms with Crippen molar-refractivity contribution in [2.24, 2.45) is 5.10 Å². The lowest BCUT2D eigenvalue weighted by Crippen LogP contribution is -2.46. The zero-order valence-electron chi connectivity index (χ0n) is 18.9. The fourth-order valence-corrected chi connectivity index (χ4v) is 4.78. The van der Waals surface area contributed by atoms with Crippen molar-refractivity contribution in [3.05, 3.63) is 99.9 Å². The molecule has 1 saturated heterocycles. The van der Waals surface area contributed by atoms with Gasteiger partial charge in [0.25, 0.3) is 5.69 Å². The minimum Gasteiger partial charge on any atom is -0.368 e. The highest BCUT2D eigenvalue weighted by Gasteiger charge is 2.20. The van der Waals surface area contributed by atoms with Gasteiger partial charge in [0.05, 0.1) is 16.8 Å². The molecule has 1 N–H and O–H groups in total. The van der Waals surface area contributed by atoms with E-state index in [1.165, 1.54) is 17.0 Å². The van der Waals surface area contributed by atoms with E-state index in [2.05, 4.69) is 37.4 Å². The maximum atomic E-state index is 11.4. The average Bonchev–Trinajstić information content (AvgIpc) is 3.39. The Hall–Kier alpha value is -4.24. The summed E-state index contributed by atoms with van der Waals surface area (Å²) < 4.78 is 0. The first-order valence-corrected chi connectivity index (χ1v) is 12.2. The number of thiazole rings is 1. The van der Waals surface area contributed by atoms with E-state index in [1.54, 1.807) is 18.3 Å².